The van der Waals surface area contributed by atoms with Crippen molar-refractivity contribution in [2.24, 2.45) is 7.05 Å². The molecule has 0 fully saturated rings. The number of amides is 1. The first-order chi connectivity index (χ1) is 10.5. The minimum Gasteiger partial charge on any atom is -0.357 e. The van der Waals surface area contributed by atoms with Crippen LogP contribution in [0.2, 0.25) is 0 Å². The SMILES string of the molecule is C=CCNc1nnc(SCC(=O)Nc2c(C)nn(C)c2C)s1. The van der Waals surface area contributed by atoms with Crippen molar-refractivity contribution in [3.05, 3.63) is 24.0 Å². The Bertz CT molecular complexity index is 678. The van der Waals surface area contributed by atoms with Crippen LogP contribution < -0.4 is 10.6 Å². The summed E-state index contributed by atoms with van der Waals surface area (Å²) < 4.78 is 2.50. The third-order valence-corrected chi connectivity index (χ3v) is 4.92. The average molecular weight is 338 g/mol. The summed E-state index contributed by atoms with van der Waals surface area (Å²) in [4.78, 5) is 12.0. The molecule has 2 N–H and O–H groups in total. The Morgan fingerprint density at radius 2 is 2.23 bits per heavy atom. The molecular weight excluding hydrogens is 320 g/mol. The van der Waals surface area contributed by atoms with E-state index in [9.17, 15) is 4.79 Å². The van der Waals surface area contributed by atoms with Crippen LogP contribution in [0.5, 0.6) is 0 Å². The third kappa shape index (κ3) is 4.08. The predicted molar refractivity (Wildman–Crippen MR) is 90.6 cm³/mol. The summed E-state index contributed by atoms with van der Waals surface area (Å²) in [6, 6.07) is 0. The Hall–Kier alpha value is -1.87. The molecule has 0 radical (unpaired) electrons. The zero-order chi connectivity index (χ0) is 16.1. The summed E-state index contributed by atoms with van der Waals surface area (Å²) in [6.07, 6.45) is 1.75. The van der Waals surface area contributed by atoms with Gasteiger partial charge in [-0.3, -0.25) is 9.48 Å². The van der Waals surface area contributed by atoms with Crippen molar-refractivity contribution >= 4 is 39.8 Å². The van der Waals surface area contributed by atoms with Crippen LogP contribution in [0.4, 0.5) is 10.8 Å². The Labute approximate surface area is 137 Å². The van der Waals surface area contributed by atoms with Gasteiger partial charge in [-0.05, 0) is 13.8 Å². The van der Waals surface area contributed by atoms with E-state index in [1.807, 2.05) is 20.9 Å². The smallest absolute Gasteiger partial charge is 0.234 e. The second-order valence-electron chi connectivity index (χ2n) is 4.55. The number of rotatable bonds is 7. The van der Waals surface area contributed by atoms with Gasteiger partial charge in [-0.15, -0.1) is 16.8 Å². The van der Waals surface area contributed by atoms with Crippen LogP contribution in [-0.4, -0.2) is 38.2 Å². The Kier molecular flexibility index (Phi) is 5.56. The molecular formula is C13H18N6OS2. The van der Waals surface area contributed by atoms with Crippen molar-refractivity contribution in [1.29, 1.82) is 0 Å². The van der Waals surface area contributed by atoms with E-state index in [2.05, 4.69) is 32.5 Å². The highest BCUT2D eigenvalue weighted by atomic mass is 32.2. The van der Waals surface area contributed by atoms with E-state index in [-0.39, 0.29) is 11.7 Å². The number of nitrogens with one attached hydrogen (secondary N) is 2. The normalized spacial score (nSPS) is 10.5. The number of aryl methyl sites for hydroxylation is 2. The summed E-state index contributed by atoms with van der Waals surface area (Å²) >= 11 is 2.78. The molecule has 0 saturated carbocycles. The van der Waals surface area contributed by atoms with Crippen molar-refractivity contribution in [3.8, 4) is 0 Å². The van der Waals surface area contributed by atoms with E-state index in [1.165, 1.54) is 23.1 Å². The lowest BCUT2D eigenvalue weighted by Gasteiger charge is -2.04. The number of carbonyl (C=O) groups is 1. The number of hydrogen-bond donors (Lipinski definition) is 2. The van der Waals surface area contributed by atoms with Gasteiger partial charge < -0.3 is 10.6 Å². The standard InChI is InChI=1S/C13H18N6OS2/c1-5-6-14-12-16-17-13(22-12)21-7-10(20)15-11-8(2)18-19(4)9(11)3/h5H,1,6-7H2,2-4H3,(H,14,16)(H,15,20). The second kappa shape index (κ2) is 7.41. The maximum atomic E-state index is 12.0. The van der Waals surface area contributed by atoms with E-state index in [0.717, 1.165) is 26.5 Å². The average Bonchev–Trinajstić information content (AvgIpc) is 3.03. The minimum atomic E-state index is -0.0833. The van der Waals surface area contributed by atoms with Gasteiger partial charge in [0.05, 0.1) is 22.8 Å². The molecule has 2 aromatic heterocycles. The summed E-state index contributed by atoms with van der Waals surface area (Å²) in [5.74, 6) is 0.198. The first-order valence-electron chi connectivity index (χ1n) is 6.62. The molecule has 2 rings (SSSR count). The number of nitrogens with zero attached hydrogens (tertiary/aromatic N) is 4. The van der Waals surface area contributed by atoms with Gasteiger partial charge in [-0.25, -0.2) is 0 Å². The van der Waals surface area contributed by atoms with E-state index < -0.39 is 0 Å². The largest absolute Gasteiger partial charge is 0.357 e. The number of carbonyl (C=O) groups excluding carboxylic acids is 1. The van der Waals surface area contributed by atoms with Crippen molar-refractivity contribution in [3.63, 3.8) is 0 Å². The second-order valence-corrected chi connectivity index (χ2v) is 6.75. The van der Waals surface area contributed by atoms with Crippen molar-refractivity contribution < 1.29 is 4.79 Å². The molecule has 0 spiro atoms. The number of hydrogen-bond acceptors (Lipinski definition) is 7. The molecule has 9 heteroatoms. The highest BCUT2D eigenvalue weighted by molar-refractivity contribution is 8.01. The van der Waals surface area contributed by atoms with Crippen molar-refractivity contribution in [2.75, 3.05) is 22.9 Å². The topological polar surface area (TPSA) is 84.7 Å². The maximum Gasteiger partial charge on any atom is 0.234 e. The summed E-state index contributed by atoms with van der Waals surface area (Å²) in [5.41, 5.74) is 2.52. The number of anilines is 2. The number of thioether (sulfide) groups is 1. The van der Waals surface area contributed by atoms with Gasteiger partial charge in [0.15, 0.2) is 4.34 Å². The van der Waals surface area contributed by atoms with E-state index in [4.69, 9.17) is 0 Å². The lowest BCUT2D eigenvalue weighted by Crippen LogP contribution is -2.15. The fourth-order valence-corrected chi connectivity index (χ4v) is 3.32. The van der Waals surface area contributed by atoms with E-state index in [0.29, 0.717) is 6.54 Å². The third-order valence-electron chi connectivity index (χ3n) is 2.90. The summed E-state index contributed by atoms with van der Waals surface area (Å²) in [7, 11) is 1.85. The highest BCUT2D eigenvalue weighted by Gasteiger charge is 2.13. The fraction of sp³-hybridized carbons (Fsp3) is 0.385. The molecule has 0 aliphatic carbocycles. The van der Waals surface area contributed by atoms with Gasteiger partial charge >= 0.3 is 0 Å². The van der Waals surface area contributed by atoms with Crippen molar-refractivity contribution in [1.82, 2.24) is 20.0 Å². The van der Waals surface area contributed by atoms with Crippen LogP contribution in [0.1, 0.15) is 11.4 Å². The Balaban J connectivity index is 1.87. The Morgan fingerprint density at radius 1 is 1.45 bits per heavy atom. The van der Waals surface area contributed by atoms with E-state index in [1.54, 1.807) is 10.8 Å². The molecule has 0 unspecified atom stereocenters. The fourth-order valence-electron chi connectivity index (χ4n) is 1.76. The van der Waals surface area contributed by atoms with Crippen LogP contribution >= 0.6 is 23.1 Å². The maximum absolute atomic E-state index is 12.0. The van der Waals surface area contributed by atoms with Gasteiger partial charge in [0, 0.05) is 13.6 Å². The highest BCUT2D eigenvalue weighted by Crippen LogP contribution is 2.26. The molecule has 1 amide bonds. The molecule has 0 atom stereocenters. The molecule has 2 aromatic rings. The van der Waals surface area contributed by atoms with Crippen LogP contribution in [0.25, 0.3) is 0 Å². The van der Waals surface area contributed by atoms with Crippen LogP contribution in [0.15, 0.2) is 17.0 Å². The first kappa shape index (κ1) is 16.5. The van der Waals surface area contributed by atoms with Gasteiger partial charge in [0.1, 0.15) is 0 Å². The molecule has 0 aliphatic heterocycles. The summed E-state index contributed by atoms with van der Waals surface area (Å²) in [6.45, 7) is 8.06. The molecule has 118 valence electrons. The minimum absolute atomic E-state index is 0.0833. The molecule has 22 heavy (non-hydrogen) atoms. The van der Waals surface area contributed by atoms with Crippen LogP contribution in [-0.2, 0) is 11.8 Å². The lowest BCUT2D eigenvalue weighted by atomic mass is 10.3. The molecule has 2 heterocycles. The zero-order valence-electron chi connectivity index (χ0n) is 12.7. The van der Waals surface area contributed by atoms with Gasteiger partial charge in [0.25, 0.3) is 0 Å². The quantitative estimate of drug-likeness (QED) is 0.595. The predicted octanol–water partition coefficient (Wildman–Crippen LogP) is 2.22. The molecule has 0 aliphatic rings. The van der Waals surface area contributed by atoms with E-state index >= 15 is 0 Å². The van der Waals surface area contributed by atoms with Crippen molar-refractivity contribution in [2.45, 2.75) is 18.2 Å². The monoisotopic (exact) mass is 338 g/mol. The number of aromatic nitrogens is 4. The van der Waals surface area contributed by atoms with Gasteiger partial charge in [0.2, 0.25) is 11.0 Å². The molecule has 0 saturated heterocycles. The summed E-state index contributed by atoms with van der Waals surface area (Å²) in [5, 5.41) is 19.0. The van der Waals surface area contributed by atoms with Crippen LogP contribution in [0, 0.1) is 13.8 Å². The van der Waals surface area contributed by atoms with Gasteiger partial charge in [-0.2, -0.15) is 5.10 Å². The first-order valence-corrected chi connectivity index (χ1v) is 8.42. The molecule has 7 nitrogen and oxygen atoms in total. The lowest BCUT2D eigenvalue weighted by molar-refractivity contribution is -0.113. The van der Waals surface area contributed by atoms with Gasteiger partial charge in [-0.1, -0.05) is 29.2 Å². The Morgan fingerprint density at radius 3 is 2.86 bits per heavy atom. The van der Waals surface area contributed by atoms with Crippen LogP contribution in [0.3, 0.4) is 0 Å². The molecule has 0 aromatic carbocycles. The zero-order valence-corrected chi connectivity index (χ0v) is 14.3. The molecule has 0 bridgehead atoms.